The Bertz CT molecular complexity index is 420. The van der Waals surface area contributed by atoms with Crippen LogP contribution in [0.15, 0.2) is 0 Å². The van der Waals surface area contributed by atoms with Crippen LogP contribution in [0.1, 0.15) is 42.4 Å². The molecule has 1 saturated carbocycles. The third kappa shape index (κ3) is 2.80. The van der Waals surface area contributed by atoms with Crippen LogP contribution in [0.2, 0.25) is 0 Å². The lowest BCUT2D eigenvalue weighted by atomic mass is 9.86. The van der Waals surface area contributed by atoms with Gasteiger partial charge in [-0.3, -0.25) is 4.79 Å². The molecule has 2 rings (SSSR count). The van der Waals surface area contributed by atoms with Crippen molar-refractivity contribution in [3.05, 3.63) is 5.01 Å². The number of anilines is 1. The first-order valence-corrected chi connectivity index (χ1v) is 7.22. The highest BCUT2D eigenvalue weighted by Crippen LogP contribution is 2.28. The van der Waals surface area contributed by atoms with Crippen LogP contribution in [0, 0.1) is 5.92 Å². The van der Waals surface area contributed by atoms with E-state index >= 15 is 0 Å². The fraction of sp³-hybridized carbons (Fsp3) is 0.750. The van der Waals surface area contributed by atoms with E-state index < -0.39 is 0 Å². The van der Waals surface area contributed by atoms with Crippen molar-refractivity contribution in [2.24, 2.45) is 5.92 Å². The summed E-state index contributed by atoms with van der Waals surface area (Å²) in [5.41, 5.74) is 0. The van der Waals surface area contributed by atoms with E-state index in [4.69, 9.17) is 0 Å². The maximum Gasteiger partial charge on any atom is 0.284 e. The van der Waals surface area contributed by atoms with Crippen LogP contribution in [0.4, 0.5) is 5.13 Å². The van der Waals surface area contributed by atoms with E-state index in [9.17, 15) is 4.79 Å². The third-order valence-corrected chi connectivity index (χ3v) is 4.53. The molecule has 18 heavy (non-hydrogen) atoms. The molecular formula is C12H20N4OS. The summed E-state index contributed by atoms with van der Waals surface area (Å²) in [7, 11) is 3.66. The van der Waals surface area contributed by atoms with E-state index in [0.717, 1.165) is 12.8 Å². The number of carbonyl (C=O) groups excluding carboxylic acids is 1. The summed E-state index contributed by atoms with van der Waals surface area (Å²) in [5.74, 6) is 0.703. The Balaban J connectivity index is 2.03. The zero-order valence-corrected chi connectivity index (χ0v) is 12.0. The molecule has 1 N–H and O–H groups in total. The number of hydrogen-bond acceptors (Lipinski definition) is 5. The Kier molecular flexibility index (Phi) is 4.16. The van der Waals surface area contributed by atoms with Gasteiger partial charge in [0.1, 0.15) is 0 Å². The van der Waals surface area contributed by atoms with Gasteiger partial charge >= 0.3 is 0 Å². The van der Waals surface area contributed by atoms with Crippen LogP contribution in [-0.4, -0.2) is 41.1 Å². The summed E-state index contributed by atoms with van der Waals surface area (Å²) in [6, 6.07) is 0.350. The molecule has 1 aliphatic rings. The van der Waals surface area contributed by atoms with Crippen molar-refractivity contribution in [3.8, 4) is 0 Å². The smallest absolute Gasteiger partial charge is 0.284 e. The Morgan fingerprint density at radius 1 is 1.44 bits per heavy atom. The van der Waals surface area contributed by atoms with Gasteiger partial charge in [-0.2, -0.15) is 0 Å². The second-order valence-electron chi connectivity index (χ2n) is 5.00. The Hall–Kier alpha value is -1.17. The molecule has 1 amide bonds. The number of nitrogens with zero attached hydrogens (tertiary/aromatic N) is 3. The number of nitrogens with one attached hydrogen (secondary N) is 1. The molecule has 0 radical (unpaired) electrons. The molecule has 1 aromatic rings. The number of amides is 1. The molecule has 0 saturated heterocycles. The molecule has 1 fully saturated rings. The Morgan fingerprint density at radius 2 is 2.22 bits per heavy atom. The van der Waals surface area contributed by atoms with Gasteiger partial charge in [-0.25, -0.2) is 0 Å². The van der Waals surface area contributed by atoms with E-state index in [2.05, 4.69) is 22.4 Å². The molecule has 0 aromatic carbocycles. The van der Waals surface area contributed by atoms with Crippen LogP contribution < -0.4 is 5.32 Å². The van der Waals surface area contributed by atoms with Crippen molar-refractivity contribution in [1.82, 2.24) is 15.1 Å². The predicted molar refractivity (Wildman–Crippen MR) is 73.0 cm³/mol. The van der Waals surface area contributed by atoms with Gasteiger partial charge in [0.25, 0.3) is 5.91 Å². The molecule has 0 spiro atoms. The van der Waals surface area contributed by atoms with Gasteiger partial charge in [0.2, 0.25) is 10.1 Å². The number of rotatable bonds is 3. The van der Waals surface area contributed by atoms with Crippen molar-refractivity contribution in [1.29, 1.82) is 0 Å². The molecule has 100 valence electrons. The van der Waals surface area contributed by atoms with Crippen LogP contribution in [0.5, 0.6) is 0 Å². The lowest BCUT2D eigenvalue weighted by Gasteiger charge is -2.33. The molecule has 0 bridgehead atoms. The van der Waals surface area contributed by atoms with Crippen molar-refractivity contribution in [2.75, 3.05) is 19.4 Å². The largest absolute Gasteiger partial charge is 0.363 e. The second-order valence-corrected chi connectivity index (χ2v) is 5.98. The van der Waals surface area contributed by atoms with Gasteiger partial charge in [0, 0.05) is 20.1 Å². The van der Waals surface area contributed by atoms with Crippen molar-refractivity contribution in [3.63, 3.8) is 0 Å². The molecule has 0 aliphatic heterocycles. The van der Waals surface area contributed by atoms with E-state index in [0.29, 0.717) is 22.1 Å². The minimum atomic E-state index is -0.00639. The third-order valence-electron chi connectivity index (χ3n) is 3.60. The minimum Gasteiger partial charge on any atom is -0.363 e. The molecule has 2 unspecified atom stereocenters. The van der Waals surface area contributed by atoms with E-state index in [1.165, 1.54) is 24.2 Å². The topological polar surface area (TPSA) is 58.1 Å². The summed E-state index contributed by atoms with van der Waals surface area (Å²) in [5, 5.41) is 11.9. The molecule has 2 atom stereocenters. The molecule has 1 aromatic heterocycles. The zero-order valence-electron chi connectivity index (χ0n) is 11.1. The molecule has 5 nitrogen and oxygen atoms in total. The van der Waals surface area contributed by atoms with E-state index in [1.54, 1.807) is 7.05 Å². The van der Waals surface area contributed by atoms with Crippen molar-refractivity contribution < 1.29 is 4.79 Å². The van der Waals surface area contributed by atoms with Crippen molar-refractivity contribution >= 4 is 22.4 Å². The first-order chi connectivity index (χ1) is 8.61. The number of carbonyl (C=O) groups is 1. The second kappa shape index (κ2) is 5.65. The zero-order chi connectivity index (χ0) is 13.1. The van der Waals surface area contributed by atoms with Crippen molar-refractivity contribution in [2.45, 2.75) is 38.6 Å². The molecular weight excluding hydrogens is 248 g/mol. The van der Waals surface area contributed by atoms with E-state index in [-0.39, 0.29) is 5.91 Å². The van der Waals surface area contributed by atoms with Crippen LogP contribution in [-0.2, 0) is 0 Å². The maximum absolute atomic E-state index is 12.3. The summed E-state index contributed by atoms with van der Waals surface area (Å²) >= 11 is 1.31. The summed E-state index contributed by atoms with van der Waals surface area (Å²) in [6.45, 7) is 2.26. The summed E-state index contributed by atoms with van der Waals surface area (Å²) in [4.78, 5) is 14.1. The molecule has 1 heterocycles. The lowest BCUT2D eigenvalue weighted by molar-refractivity contribution is 0.0671. The van der Waals surface area contributed by atoms with Gasteiger partial charge in [-0.05, 0) is 18.8 Å². The van der Waals surface area contributed by atoms with Gasteiger partial charge < -0.3 is 10.2 Å². The monoisotopic (exact) mass is 268 g/mol. The van der Waals surface area contributed by atoms with E-state index in [1.807, 2.05) is 11.9 Å². The highest BCUT2D eigenvalue weighted by molar-refractivity contribution is 7.17. The highest BCUT2D eigenvalue weighted by Gasteiger charge is 2.27. The lowest BCUT2D eigenvalue weighted by Crippen LogP contribution is -2.39. The maximum atomic E-state index is 12.3. The Labute approximate surface area is 112 Å². The van der Waals surface area contributed by atoms with Gasteiger partial charge in [-0.1, -0.05) is 31.1 Å². The average molecular weight is 268 g/mol. The molecule has 1 aliphatic carbocycles. The minimum absolute atomic E-state index is 0.00639. The van der Waals surface area contributed by atoms with Crippen LogP contribution >= 0.6 is 11.3 Å². The highest BCUT2D eigenvalue weighted by atomic mass is 32.1. The van der Waals surface area contributed by atoms with Gasteiger partial charge in [-0.15, -0.1) is 10.2 Å². The quantitative estimate of drug-likeness (QED) is 0.913. The Morgan fingerprint density at radius 3 is 2.83 bits per heavy atom. The average Bonchev–Trinajstić information content (AvgIpc) is 2.85. The van der Waals surface area contributed by atoms with Gasteiger partial charge in [0.05, 0.1) is 0 Å². The number of aromatic nitrogens is 2. The SMILES string of the molecule is CNc1nnc(C(=O)N(C)C2CCCC(C)C2)s1. The number of hydrogen-bond donors (Lipinski definition) is 1. The predicted octanol–water partition coefficient (Wildman–Crippen LogP) is 2.23. The van der Waals surface area contributed by atoms with Crippen LogP contribution in [0.25, 0.3) is 0 Å². The fourth-order valence-corrected chi connectivity index (χ4v) is 3.16. The van der Waals surface area contributed by atoms with Gasteiger partial charge in [0.15, 0.2) is 0 Å². The first kappa shape index (κ1) is 13.3. The standard InChI is InChI=1S/C12H20N4OS/c1-8-5-4-6-9(7-8)16(3)11(17)10-14-15-12(13-2)18-10/h8-9H,4-7H2,1-3H3,(H,13,15). The normalized spacial score (nSPS) is 23.7. The summed E-state index contributed by atoms with van der Waals surface area (Å²) in [6.07, 6.45) is 4.69. The molecule has 6 heteroatoms. The fourth-order valence-electron chi connectivity index (χ4n) is 2.48. The summed E-state index contributed by atoms with van der Waals surface area (Å²) < 4.78 is 0. The first-order valence-electron chi connectivity index (χ1n) is 6.40. The van der Waals surface area contributed by atoms with Crippen LogP contribution in [0.3, 0.4) is 0 Å².